The summed E-state index contributed by atoms with van der Waals surface area (Å²) in [6, 6.07) is 0. The SMILES string of the molecule is CCCC(=O)[N](C)[Ti+2].[F-].[F-]. The van der Waals surface area contributed by atoms with Gasteiger partial charge in [0, 0.05) is 0 Å². The number of hydrogen-bond acceptors (Lipinski definition) is 1. The topological polar surface area (TPSA) is 20.3 Å². The van der Waals surface area contributed by atoms with Crippen molar-refractivity contribution in [1.82, 2.24) is 3.38 Å². The first-order chi connectivity index (χ1) is 3.68. The van der Waals surface area contributed by atoms with Crippen LogP contribution in [0.3, 0.4) is 0 Å². The molecular weight excluding hydrogens is 176 g/mol. The van der Waals surface area contributed by atoms with E-state index in [4.69, 9.17) is 0 Å². The summed E-state index contributed by atoms with van der Waals surface area (Å²) in [6.45, 7) is 2.00. The standard InChI is InChI=1S/C5H11NO.2FH.Ti/c1-3-4-5(7)6-2;;;/h3-4H2,1-2H3,(H,6,7);2*1H;/q;;;+3/p-3. The minimum absolute atomic E-state index is 0. The average molecular weight is 186 g/mol. The normalized spacial score (nSPS) is 7.20. The molecule has 0 N–H and O–H groups in total. The summed E-state index contributed by atoms with van der Waals surface area (Å²) in [4.78, 5) is 10.7. The minimum atomic E-state index is 0. The maximum Gasteiger partial charge on any atom is -1.00 e. The molecule has 2 nitrogen and oxygen atoms in total. The summed E-state index contributed by atoms with van der Waals surface area (Å²) in [7, 11) is 1.78. The van der Waals surface area contributed by atoms with Gasteiger partial charge in [0.05, 0.1) is 0 Å². The van der Waals surface area contributed by atoms with Crippen LogP contribution in [-0.2, 0) is 25.5 Å². The van der Waals surface area contributed by atoms with E-state index in [9.17, 15) is 4.79 Å². The molecule has 0 fully saturated rings. The molecule has 0 aromatic rings. The van der Waals surface area contributed by atoms with Crippen molar-refractivity contribution >= 4 is 5.91 Å². The van der Waals surface area contributed by atoms with E-state index >= 15 is 0 Å². The Hall–Kier alpha value is 0.0443. The molecule has 0 rings (SSSR count). The van der Waals surface area contributed by atoms with E-state index in [2.05, 4.69) is 0 Å². The zero-order valence-corrected chi connectivity index (χ0v) is 7.59. The van der Waals surface area contributed by atoms with Crippen LogP contribution in [-0.4, -0.2) is 16.3 Å². The van der Waals surface area contributed by atoms with Gasteiger partial charge in [-0.3, -0.25) is 0 Å². The molecule has 5 heteroatoms. The van der Waals surface area contributed by atoms with Crippen LogP contribution in [0.15, 0.2) is 0 Å². The van der Waals surface area contributed by atoms with E-state index in [0.717, 1.165) is 6.42 Å². The molecule has 0 bridgehead atoms. The second kappa shape index (κ2) is 9.04. The van der Waals surface area contributed by atoms with Gasteiger partial charge in [-0.25, -0.2) is 0 Å². The summed E-state index contributed by atoms with van der Waals surface area (Å²) >= 11 is 1.78. The fourth-order valence-corrected chi connectivity index (χ4v) is 0.556. The van der Waals surface area contributed by atoms with Gasteiger partial charge in [0.15, 0.2) is 0 Å². The Labute approximate surface area is 71.4 Å². The first-order valence-electron chi connectivity index (χ1n) is 2.66. The number of carbonyl (C=O) groups is 1. The van der Waals surface area contributed by atoms with Crippen molar-refractivity contribution in [3.05, 3.63) is 0 Å². The van der Waals surface area contributed by atoms with E-state index in [1.54, 1.807) is 31.1 Å². The number of amides is 1. The molecule has 0 atom stereocenters. The number of halogens is 2. The van der Waals surface area contributed by atoms with Crippen LogP contribution in [0.5, 0.6) is 0 Å². The van der Waals surface area contributed by atoms with Gasteiger partial charge in [-0.2, -0.15) is 0 Å². The Morgan fingerprint density at radius 2 is 1.90 bits per heavy atom. The Bertz CT molecular complexity index is 89.7. The molecule has 0 spiro atoms. The predicted molar refractivity (Wildman–Crippen MR) is 27.7 cm³/mol. The zero-order chi connectivity index (χ0) is 6.57. The maximum absolute atomic E-state index is 10.7. The van der Waals surface area contributed by atoms with Crippen LogP contribution in [0.4, 0.5) is 0 Å². The molecule has 0 radical (unpaired) electrons. The molecule has 0 aromatic carbocycles. The molecular formula is C5H10F2NOTi. The molecule has 59 valence electrons. The van der Waals surface area contributed by atoms with Crippen LogP contribution < -0.4 is 9.41 Å². The molecule has 10 heavy (non-hydrogen) atoms. The third-order valence-corrected chi connectivity index (χ3v) is 1.23. The smallest absolute Gasteiger partial charge is 1.00 e. The van der Waals surface area contributed by atoms with Gasteiger partial charge in [-0.05, 0) is 0 Å². The van der Waals surface area contributed by atoms with Crippen molar-refractivity contribution in [2.45, 2.75) is 19.8 Å². The Balaban J connectivity index is -0.000000245. The molecule has 1 amide bonds. The first kappa shape index (κ1) is 16.6. The van der Waals surface area contributed by atoms with Crippen LogP contribution in [0.1, 0.15) is 19.8 Å². The third kappa shape index (κ3) is 8.04. The molecule has 0 aliphatic carbocycles. The molecule has 0 aliphatic rings. The Morgan fingerprint density at radius 3 is 2.00 bits per heavy atom. The van der Waals surface area contributed by atoms with E-state index in [1.165, 1.54) is 0 Å². The monoisotopic (exact) mass is 186 g/mol. The number of rotatable bonds is 2. The molecule has 0 saturated heterocycles. The first-order valence-corrected chi connectivity index (χ1v) is 3.36. The van der Waals surface area contributed by atoms with Crippen molar-refractivity contribution in [3.8, 4) is 0 Å². The van der Waals surface area contributed by atoms with E-state index < -0.39 is 0 Å². The van der Waals surface area contributed by atoms with Crippen molar-refractivity contribution in [1.29, 1.82) is 0 Å². The van der Waals surface area contributed by atoms with Gasteiger partial charge in [0.25, 0.3) is 0 Å². The molecule has 0 unspecified atom stereocenters. The Kier molecular flexibility index (Phi) is 15.0. The molecule has 0 aliphatic heterocycles. The van der Waals surface area contributed by atoms with Crippen LogP contribution in [0.25, 0.3) is 0 Å². The zero-order valence-electron chi connectivity index (χ0n) is 6.03. The fraction of sp³-hybridized carbons (Fsp3) is 0.800. The van der Waals surface area contributed by atoms with E-state index in [0.29, 0.717) is 6.42 Å². The van der Waals surface area contributed by atoms with Gasteiger partial charge >= 0.3 is 61.6 Å². The molecule has 0 aromatic heterocycles. The van der Waals surface area contributed by atoms with Crippen LogP contribution in [0.2, 0.25) is 0 Å². The van der Waals surface area contributed by atoms with Crippen LogP contribution in [0, 0.1) is 0 Å². The fourth-order valence-electron chi connectivity index (χ4n) is 0.382. The van der Waals surface area contributed by atoms with Crippen molar-refractivity contribution in [2.75, 3.05) is 7.05 Å². The third-order valence-electron chi connectivity index (χ3n) is 0.838. The van der Waals surface area contributed by atoms with Crippen LogP contribution >= 0.6 is 0 Å². The molecule has 0 heterocycles. The summed E-state index contributed by atoms with van der Waals surface area (Å²) in [5.41, 5.74) is 0. The number of nitrogens with zero attached hydrogens (tertiary/aromatic N) is 1. The van der Waals surface area contributed by atoms with E-state index in [1.807, 2.05) is 6.92 Å². The summed E-state index contributed by atoms with van der Waals surface area (Å²) in [5, 5.41) is 0. The quantitative estimate of drug-likeness (QED) is 0.394. The van der Waals surface area contributed by atoms with Gasteiger partial charge in [0.1, 0.15) is 0 Å². The largest absolute Gasteiger partial charge is 1.00 e. The van der Waals surface area contributed by atoms with Gasteiger partial charge < -0.3 is 9.41 Å². The second-order valence-electron chi connectivity index (χ2n) is 1.70. The van der Waals surface area contributed by atoms with Crippen molar-refractivity contribution in [2.24, 2.45) is 0 Å². The summed E-state index contributed by atoms with van der Waals surface area (Å²) < 4.78 is 1.61. The average Bonchev–Trinajstić information content (AvgIpc) is 1.67. The van der Waals surface area contributed by atoms with E-state index in [-0.39, 0.29) is 15.3 Å². The number of hydrogen-bond donors (Lipinski definition) is 0. The molecule has 0 saturated carbocycles. The van der Waals surface area contributed by atoms with Gasteiger partial charge in [-0.15, -0.1) is 0 Å². The number of carbonyl (C=O) groups excluding carboxylic acids is 1. The van der Waals surface area contributed by atoms with Crippen molar-refractivity contribution in [3.63, 3.8) is 0 Å². The summed E-state index contributed by atoms with van der Waals surface area (Å²) in [6.07, 6.45) is 1.62. The summed E-state index contributed by atoms with van der Waals surface area (Å²) in [5.74, 6) is 0.215. The second-order valence-corrected chi connectivity index (χ2v) is 2.75. The van der Waals surface area contributed by atoms with Gasteiger partial charge in [-0.1, -0.05) is 0 Å². The van der Waals surface area contributed by atoms with Crippen molar-refractivity contribution < 1.29 is 34.9 Å². The predicted octanol–water partition coefficient (Wildman–Crippen LogP) is -5.29. The maximum atomic E-state index is 10.7. The van der Waals surface area contributed by atoms with Gasteiger partial charge in [0.2, 0.25) is 0 Å². The minimum Gasteiger partial charge on any atom is -1.00 e. The Morgan fingerprint density at radius 1 is 1.50 bits per heavy atom.